The van der Waals surface area contributed by atoms with Crippen molar-refractivity contribution in [1.29, 1.82) is 0 Å². The molecule has 182 valence electrons. The van der Waals surface area contributed by atoms with Crippen molar-refractivity contribution in [2.75, 3.05) is 13.2 Å². The predicted octanol–water partition coefficient (Wildman–Crippen LogP) is 6.58. The number of benzene rings is 2. The normalized spacial score (nSPS) is 16.6. The minimum atomic E-state index is -0.187. The highest BCUT2D eigenvalue weighted by atomic mass is 32.2. The van der Waals surface area contributed by atoms with E-state index in [1.54, 1.807) is 0 Å². The van der Waals surface area contributed by atoms with E-state index in [4.69, 9.17) is 0 Å². The van der Waals surface area contributed by atoms with Crippen LogP contribution in [0.4, 0.5) is 4.39 Å². The van der Waals surface area contributed by atoms with Crippen LogP contribution in [0.2, 0.25) is 0 Å². The number of nitrogens with one attached hydrogen (secondary N) is 4. The molecule has 1 aromatic heterocycles. The third-order valence-corrected chi connectivity index (χ3v) is 7.09. The van der Waals surface area contributed by atoms with Crippen molar-refractivity contribution in [3.8, 4) is 0 Å². The SMILES string of the molecule is CC.CC.Cc1[nH]c2c(F)ccc(C)c2c1CCNC1=C2SC(c3ccccc3)=CC2NCN1. The highest BCUT2D eigenvalue weighted by Crippen LogP contribution is 2.43. The Kier molecular flexibility index (Phi) is 9.25. The van der Waals surface area contributed by atoms with Crippen molar-refractivity contribution >= 4 is 27.6 Å². The van der Waals surface area contributed by atoms with E-state index in [1.165, 1.54) is 27.0 Å². The van der Waals surface area contributed by atoms with Gasteiger partial charge in [-0.05, 0) is 49.1 Å². The number of aromatic nitrogens is 1. The summed E-state index contributed by atoms with van der Waals surface area (Å²) in [4.78, 5) is 5.79. The van der Waals surface area contributed by atoms with Crippen molar-refractivity contribution in [2.24, 2.45) is 0 Å². The number of hydrogen-bond acceptors (Lipinski definition) is 4. The van der Waals surface area contributed by atoms with Gasteiger partial charge in [-0.25, -0.2) is 4.39 Å². The van der Waals surface area contributed by atoms with Gasteiger partial charge in [0.2, 0.25) is 0 Å². The topological polar surface area (TPSA) is 51.9 Å². The maximum atomic E-state index is 14.2. The number of aryl methyl sites for hydroxylation is 2. The summed E-state index contributed by atoms with van der Waals surface area (Å²) in [5.74, 6) is 0.902. The monoisotopic (exact) mass is 480 g/mol. The summed E-state index contributed by atoms with van der Waals surface area (Å²) in [6.45, 7) is 13.6. The Bertz CT molecular complexity index is 1160. The van der Waals surface area contributed by atoms with Crippen LogP contribution in [-0.4, -0.2) is 24.2 Å². The minimum absolute atomic E-state index is 0.187. The van der Waals surface area contributed by atoms with E-state index >= 15 is 0 Å². The molecule has 0 amide bonds. The molecule has 1 atom stereocenters. The second kappa shape index (κ2) is 12.1. The number of fused-ring (bicyclic) bond motifs is 2. The van der Waals surface area contributed by atoms with Gasteiger partial charge in [0.1, 0.15) is 11.6 Å². The summed E-state index contributed by atoms with van der Waals surface area (Å²) < 4.78 is 14.2. The molecule has 4 N–H and O–H groups in total. The molecule has 0 fully saturated rings. The molecule has 0 saturated heterocycles. The van der Waals surface area contributed by atoms with Gasteiger partial charge in [-0.3, -0.25) is 5.32 Å². The van der Waals surface area contributed by atoms with E-state index in [0.29, 0.717) is 5.52 Å². The van der Waals surface area contributed by atoms with Crippen LogP contribution in [0.15, 0.2) is 59.3 Å². The van der Waals surface area contributed by atoms with Gasteiger partial charge < -0.3 is 15.6 Å². The molecule has 0 bridgehead atoms. The molecule has 0 saturated carbocycles. The number of hydrogen-bond donors (Lipinski definition) is 4. The van der Waals surface area contributed by atoms with Crippen LogP contribution in [-0.2, 0) is 6.42 Å². The lowest BCUT2D eigenvalue weighted by molar-refractivity contribution is 0.542. The molecule has 1 unspecified atom stereocenters. The van der Waals surface area contributed by atoms with Crippen LogP contribution in [0.1, 0.15) is 50.1 Å². The quantitative estimate of drug-likeness (QED) is 0.333. The molecule has 4 nitrogen and oxygen atoms in total. The van der Waals surface area contributed by atoms with E-state index < -0.39 is 0 Å². The third-order valence-electron chi connectivity index (χ3n) is 5.82. The van der Waals surface area contributed by atoms with Gasteiger partial charge in [0.25, 0.3) is 0 Å². The minimum Gasteiger partial charge on any atom is -0.371 e. The van der Waals surface area contributed by atoms with Gasteiger partial charge in [0.05, 0.1) is 23.1 Å². The van der Waals surface area contributed by atoms with E-state index in [0.717, 1.165) is 42.1 Å². The van der Waals surface area contributed by atoms with Crippen molar-refractivity contribution in [3.63, 3.8) is 0 Å². The highest BCUT2D eigenvalue weighted by molar-refractivity contribution is 8.12. The molecular formula is C28H37FN4S. The number of thioether (sulfide) groups is 1. The average molecular weight is 481 g/mol. The molecule has 2 aliphatic heterocycles. The summed E-state index contributed by atoms with van der Waals surface area (Å²) in [6, 6.07) is 14.1. The summed E-state index contributed by atoms with van der Waals surface area (Å²) >= 11 is 1.81. The smallest absolute Gasteiger partial charge is 0.147 e. The second-order valence-corrected chi connectivity index (χ2v) is 8.88. The Morgan fingerprint density at radius 3 is 2.50 bits per heavy atom. The summed E-state index contributed by atoms with van der Waals surface area (Å²) in [6.07, 6.45) is 3.13. The molecule has 5 rings (SSSR count). The fourth-order valence-electron chi connectivity index (χ4n) is 4.31. The zero-order chi connectivity index (χ0) is 24.7. The van der Waals surface area contributed by atoms with Gasteiger partial charge in [0.15, 0.2) is 0 Å². The number of rotatable bonds is 5. The maximum absolute atomic E-state index is 14.2. The highest BCUT2D eigenvalue weighted by Gasteiger charge is 2.29. The van der Waals surface area contributed by atoms with Gasteiger partial charge in [-0.15, -0.1) is 0 Å². The Hall–Kier alpha value is -2.70. The molecule has 2 aromatic carbocycles. The van der Waals surface area contributed by atoms with Crippen molar-refractivity contribution in [3.05, 3.63) is 87.5 Å². The molecule has 0 spiro atoms. The van der Waals surface area contributed by atoms with E-state index in [-0.39, 0.29) is 11.9 Å². The van der Waals surface area contributed by atoms with Crippen LogP contribution < -0.4 is 16.0 Å². The molecule has 3 heterocycles. The van der Waals surface area contributed by atoms with Gasteiger partial charge in [-0.1, -0.05) is 75.9 Å². The third kappa shape index (κ3) is 5.34. The first kappa shape index (κ1) is 25.9. The zero-order valence-electron chi connectivity index (χ0n) is 21.1. The van der Waals surface area contributed by atoms with Crippen molar-refractivity contribution < 1.29 is 4.39 Å². The molecule has 0 aliphatic carbocycles. The zero-order valence-corrected chi connectivity index (χ0v) is 21.9. The molecule has 0 radical (unpaired) electrons. The van der Waals surface area contributed by atoms with Crippen LogP contribution in [0.3, 0.4) is 0 Å². The first-order chi connectivity index (χ1) is 16.6. The Labute approximate surface area is 207 Å². The lowest BCUT2D eigenvalue weighted by Gasteiger charge is -2.26. The average Bonchev–Trinajstić information content (AvgIpc) is 3.47. The van der Waals surface area contributed by atoms with Crippen molar-refractivity contribution in [2.45, 2.75) is 54.0 Å². The van der Waals surface area contributed by atoms with E-state index in [2.05, 4.69) is 51.3 Å². The Morgan fingerprint density at radius 2 is 1.76 bits per heavy atom. The van der Waals surface area contributed by atoms with Gasteiger partial charge in [-0.2, -0.15) is 0 Å². The first-order valence-electron chi connectivity index (χ1n) is 12.3. The van der Waals surface area contributed by atoms with Crippen LogP contribution in [0.5, 0.6) is 0 Å². The number of H-pyrrole nitrogens is 1. The Morgan fingerprint density at radius 1 is 1.03 bits per heavy atom. The fraction of sp³-hybridized carbons (Fsp3) is 0.357. The van der Waals surface area contributed by atoms with Crippen LogP contribution in [0.25, 0.3) is 15.8 Å². The van der Waals surface area contributed by atoms with Gasteiger partial charge in [0, 0.05) is 22.5 Å². The van der Waals surface area contributed by atoms with Gasteiger partial charge >= 0.3 is 0 Å². The first-order valence-corrected chi connectivity index (χ1v) is 13.1. The lowest BCUT2D eigenvalue weighted by atomic mass is 10.0. The summed E-state index contributed by atoms with van der Waals surface area (Å²) in [7, 11) is 0. The lowest BCUT2D eigenvalue weighted by Crippen LogP contribution is -2.45. The summed E-state index contributed by atoms with van der Waals surface area (Å²) in [5.41, 5.74) is 5.20. The maximum Gasteiger partial charge on any atom is 0.147 e. The molecular weight excluding hydrogens is 443 g/mol. The molecule has 34 heavy (non-hydrogen) atoms. The molecule has 3 aromatic rings. The second-order valence-electron chi connectivity index (χ2n) is 7.79. The largest absolute Gasteiger partial charge is 0.371 e. The predicted molar refractivity (Wildman–Crippen MR) is 146 cm³/mol. The Balaban J connectivity index is 0.000000771. The molecule has 6 heteroatoms. The number of halogens is 1. The standard InChI is InChI=1S/C24H25FN4S.2C2H6/c1-14-8-9-18(25)22-21(14)17(15(2)29-22)10-11-26-24-23-19(27-13-28-24)12-20(30-23)16-6-4-3-5-7-16;2*1-2/h3-9,12,19,26-29H,10-11,13H2,1-2H3;2*1-2H3. The van der Waals surface area contributed by atoms with Crippen LogP contribution >= 0.6 is 11.8 Å². The summed E-state index contributed by atoms with van der Waals surface area (Å²) in [5, 5.41) is 11.6. The van der Waals surface area contributed by atoms with Crippen molar-refractivity contribution in [1.82, 2.24) is 20.9 Å². The van der Waals surface area contributed by atoms with E-state index in [9.17, 15) is 4.39 Å². The van der Waals surface area contributed by atoms with Crippen LogP contribution in [0, 0.1) is 19.7 Å². The number of aromatic amines is 1. The van der Waals surface area contributed by atoms with E-state index in [1.807, 2.05) is 65.4 Å². The fourth-order valence-corrected chi connectivity index (χ4v) is 5.53. The molecule has 2 aliphatic rings.